The molecule has 0 aliphatic heterocycles. The minimum atomic E-state index is -0.481. The van der Waals surface area contributed by atoms with E-state index in [1.54, 1.807) is 20.8 Å². The van der Waals surface area contributed by atoms with E-state index in [0.717, 1.165) is 10.8 Å². The molecule has 0 aromatic rings. The summed E-state index contributed by atoms with van der Waals surface area (Å²) in [4.78, 5) is 11.0. The van der Waals surface area contributed by atoms with Gasteiger partial charge in [0.2, 0.25) is 0 Å². The zero-order valence-corrected chi connectivity index (χ0v) is 9.11. The van der Waals surface area contributed by atoms with E-state index < -0.39 is 11.6 Å². The highest BCUT2D eigenvalue weighted by Gasteiger charge is 2.19. The molecular weight excluding hydrogens is 200 g/mol. The summed E-state index contributed by atoms with van der Waals surface area (Å²) in [5.74, 6) is -0.479. The van der Waals surface area contributed by atoms with Crippen LogP contribution in [-0.4, -0.2) is 15.8 Å². The highest BCUT2D eigenvalue weighted by molar-refractivity contribution is 8.77. The molecule has 0 aliphatic rings. The van der Waals surface area contributed by atoms with E-state index in [2.05, 4.69) is 23.9 Å². The van der Waals surface area contributed by atoms with Crippen molar-refractivity contribution < 1.29 is 9.53 Å². The largest absolute Gasteiger partial charge is 0.455 e. The van der Waals surface area contributed by atoms with Gasteiger partial charge in [-0.05, 0) is 31.6 Å². The first kappa shape index (κ1) is 11.3. The minimum absolute atomic E-state index is 0.142. The van der Waals surface area contributed by atoms with E-state index in [0.29, 0.717) is 0 Å². The summed E-state index contributed by atoms with van der Waals surface area (Å²) in [5.41, 5.74) is -0.481. The molecule has 0 aromatic heterocycles. The molecule has 0 spiro atoms. The number of carbonyl (C=O) groups excluding carboxylic acids is 1. The lowest BCUT2D eigenvalue weighted by atomic mass is 10.2. The molecule has 0 radical (unpaired) electrons. The van der Waals surface area contributed by atoms with Crippen molar-refractivity contribution in [2.75, 3.05) is 0 Å². The number of esters is 1. The Hall–Kier alpha value is 0.260. The lowest BCUT2D eigenvalue weighted by Crippen LogP contribution is -2.26. The van der Waals surface area contributed by atoms with Gasteiger partial charge >= 0.3 is 5.97 Å². The second-order valence-corrected chi connectivity index (χ2v) is 4.69. The standard InChI is InChI=1S/C6H10O2S3/c1-6(2,3)8-4(7)5(9)11-10/h10H,1-3H3. The summed E-state index contributed by atoms with van der Waals surface area (Å²) >= 11 is 8.44. The van der Waals surface area contributed by atoms with Crippen molar-refractivity contribution in [3.8, 4) is 0 Å². The first-order chi connectivity index (χ1) is 4.87. The molecule has 5 heteroatoms. The Labute approximate surface area is 80.9 Å². The van der Waals surface area contributed by atoms with Crippen LogP contribution in [0.15, 0.2) is 0 Å². The number of thiol groups is 1. The highest BCUT2D eigenvalue weighted by Crippen LogP contribution is 2.14. The Morgan fingerprint density at radius 1 is 1.55 bits per heavy atom. The van der Waals surface area contributed by atoms with Crippen molar-refractivity contribution in [3.05, 3.63) is 0 Å². The maximum atomic E-state index is 11.0. The molecule has 0 bridgehead atoms. The Morgan fingerprint density at radius 2 is 2.00 bits per heavy atom. The molecule has 0 heterocycles. The van der Waals surface area contributed by atoms with Crippen LogP contribution in [0.2, 0.25) is 0 Å². The van der Waals surface area contributed by atoms with Crippen molar-refractivity contribution in [2.45, 2.75) is 26.4 Å². The number of ether oxygens (including phenoxy) is 1. The van der Waals surface area contributed by atoms with Crippen LogP contribution in [0.4, 0.5) is 0 Å². The van der Waals surface area contributed by atoms with Gasteiger partial charge in [-0.15, -0.1) is 11.7 Å². The number of rotatable bonds is 0. The van der Waals surface area contributed by atoms with Crippen molar-refractivity contribution in [1.29, 1.82) is 0 Å². The quantitative estimate of drug-likeness (QED) is 0.287. The van der Waals surface area contributed by atoms with Gasteiger partial charge in [-0.25, -0.2) is 4.79 Å². The fourth-order valence-corrected chi connectivity index (χ4v) is 0.739. The SMILES string of the molecule is CC(C)(C)OC(=O)C(=S)SS. The van der Waals surface area contributed by atoms with Crippen molar-refractivity contribution in [1.82, 2.24) is 0 Å². The van der Waals surface area contributed by atoms with Crippen LogP contribution in [0.1, 0.15) is 20.8 Å². The van der Waals surface area contributed by atoms with Gasteiger partial charge in [0.15, 0.2) is 4.20 Å². The third-order valence-electron chi connectivity index (χ3n) is 0.648. The molecule has 11 heavy (non-hydrogen) atoms. The highest BCUT2D eigenvalue weighted by atomic mass is 33.1. The van der Waals surface area contributed by atoms with Gasteiger partial charge in [0.25, 0.3) is 0 Å². The van der Waals surface area contributed by atoms with Gasteiger partial charge in [0, 0.05) is 0 Å². The maximum Gasteiger partial charge on any atom is 0.357 e. The molecule has 0 rings (SSSR count). The number of carbonyl (C=O) groups is 1. The normalized spacial score (nSPS) is 10.9. The zero-order valence-electron chi connectivity index (χ0n) is 6.58. The van der Waals surface area contributed by atoms with Gasteiger partial charge in [0.1, 0.15) is 5.60 Å². The maximum absolute atomic E-state index is 11.0. The van der Waals surface area contributed by atoms with Crippen LogP contribution in [-0.2, 0) is 9.53 Å². The Morgan fingerprint density at radius 3 is 2.27 bits per heavy atom. The average Bonchev–Trinajstić information content (AvgIpc) is 1.82. The predicted molar refractivity (Wildman–Crippen MR) is 55.0 cm³/mol. The lowest BCUT2D eigenvalue weighted by molar-refractivity contribution is -0.145. The molecule has 0 aromatic carbocycles. The number of hydrogen-bond acceptors (Lipinski definition) is 5. The van der Waals surface area contributed by atoms with Crippen LogP contribution in [0.5, 0.6) is 0 Å². The minimum Gasteiger partial charge on any atom is -0.455 e. The molecule has 0 saturated carbocycles. The number of hydrogen-bond donors (Lipinski definition) is 1. The molecule has 0 atom stereocenters. The van der Waals surface area contributed by atoms with Crippen LogP contribution in [0.25, 0.3) is 0 Å². The summed E-state index contributed by atoms with van der Waals surface area (Å²) in [7, 11) is 0.925. The Kier molecular flexibility index (Phi) is 4.43. The number of thiocarbonyl (C=S) groups is 1. The van der Waals surface area contributed by atoms with Gasteiger partial charge < -0.3 is 4.74 Å². The molecule has 0 saturated heterocycles. The van der Waals surface area contributed by atoms with Crippen molar-refractivity contribution in [2.24, 2.45) is 0 Å². The smallest absolute Gasteiger partial charge is 0.357 e. The van der Waals surface area contributed by atoms with Crippen LogP contribution in [0, 0.1) is 0 Å². The molecular formula is C6H10O2S3. The van der Waals surface area contributed by atoms with Crippen LogP contribution in [0.3, 0.4) is 0 Å². The summed E-state index contributed by atoms with van der Waals surface area (Å²) in [6.45, 7) is 5.37. The summed E-state index contributed by atoms with van der Waals surface area (Å²) < 4.78 is 5.08. The Bertz CT molecular complexity index is 171. The van der Waals surface area contributed by atoms with E-state index in [4.69, 9.17) is 4.74 Å². The molecule has 64 valence electrons. The second-order valence-electron chi connectivity index (χ2n) is 2.88. The van der Waals surface area contributed by atoms with Gasteiger partial charge in [-0.3, -0.25) is 0 Å². The van der Waals surface area contributed by atoms with Crippen molar-refractivity contribution >= 4 is 44.8 Å². The van der Waals surface area contributed by atoms with Crippen LogP contribution < -0.4 is 0 Å². The molecule has 0 fully saturated rings. The zero-order chi connectivity index (χ0) is 9.07. The van der Waals surface area contributed by atoms with Gasteiger partial charge in [-0.2, -0.15) is 0 Å². The van der Waals surface area contributed by atoms with E-state index in [1.807, 2.05) is 0 Å². The Balaban J connectivity index is 3.99. The lowest BCUT2D eigenvalue weighted by Gasteiger charge is -2.18. The first-order valence-electron chi connectivity index (χ1n) is 2.95. The third-order valence-corrected chi connectivity index (χ3v) is 2.32. The second kappa shape index (κ2) is 4.33. The molecule has 0 aliphatic carbocycles. The summed E-state index contributed by atoms with van der Waals surface area (Å²) in [6, 6.07) is 0. The van der Waals surface area contributed by atoms with E-state index >= 15 is 0 Å². The topological polar surface area (TPSA) is 26.3 Å². The summed E-state index contributed by atoms with van der Waals surface area (Å²) in [5, 5.41) is 0. The van der Waals surface area contributed by atoms with E-state index in [-0.39, 0.29) is 4.20 Å². The molecule has 0 unspecified atom stereocenters. The third kappa shape index (κ3) is 5.52. The van der Waals surface area contributed by atoms with Crippen LogP contribution >= 0.6 is 34.7 Å². The van der Waals surface area contributed by atoms with Gasteiger partial charge in [-0.1, -0.05) is 12.2 Å². The molecule has 2 nitrogen and oxygen atoms in total. The fourth-order valence-electron chi connectivity index (χ4n) is 0.357. The van der Waals surface area contributed by atoms with Crippen molar-refractivity contribution in [3.63, 3.8) is 0 Å². The monoisotopic (exact) mass is 210 g/mol. The van der Waals surface area contributed by atoms with Gasteiger partial charge in [0.05, 0.1) is 0 Å². The summed E-state index contributed by atoms with van der Waals surface area (Å²) in [6.07, 6.45) is 0. The molecule has 0 amide bonds. The molecule has 0 N–H and O–H groups in total. The predicted octanol–water partition coefficient (Wildman–Crippen LogP) is 2.23. The van der Waals surface area contributed by atoms with E-state index in [1.165, 1.54) is 0 Å². The van der Waals surface area contributed by atoms with E-state index in [9.17, 15) is 4.79 Å². The first-order valence-corrected chi connectivity index (χ1v) is 5.23. The fraction of sp³-hybridized carbons (Fsp3) is 0.667. The average molecular weight is 210 g/mol.